The quantitative estimate of drug-likeness (QED) is 0.635. The molecule has 2 rings (SSSR count). The molecule has 1 aromatic heterocycles. The lowest BCUT2D eigenvalue weighted by Crippen LogP contribution is -2.41. The van der Waals surface area contributed by atoms with Crippen LogP contribution < -0.4 is 5.59 Å². The molecular weight excluding hydrogens is 229 g/mol. The van der Waals surface area contributed by atoms with Gasteiger partial charge in [-0.05, 0) is 12.1 Å². The van der Waals surface area contributed by atoms with Gasteiger partial charge in [-0.25, -0.2) is 0 Å². The van der Waals surface area contributed by atoms with Crippen LogP contribution in [0.15, 0.2) is 24.4 Å². The summed E-state index contributed by atoms with van der Waals surface area (Å²) < 4.78 is 0.832. The van der Waals surface area contributed by atoms with E-state index in [4.69, 9.17) is 0 Å². The molecule has 1 aromatic rings. The van der Waals surface area contributed by atoms with Gasteiger partial charge in [0.1, 0.15) is 5.68 Å². The number of hydrogen-bond acceptors (Lipinski definition) is 2. The molecular formula is C9H7BBrNO. The van der Waals surface area contributed by atoms with E-state index in [9.17, 15) is 4.79 Å². The molecule has 0 aromatic carbocycles. The van der Waals surface area contributed by atoms with Crippen molar-refractivity contribution >= 4 is 38.4 Å². The van der Waals surface area contributed by atoms with Crippen LogP contribution in [0.4, 0.5) is 0 Å². The summed E-state index contributed by atoms with van der Waals surface area (Å²) in [4.78, 5) is 15.6. The van der Waals surface area contributed by atoms with E-state index in [2.05, 4.69) is 20.9 Å². The average molecular weight is 236 g/mol. The van der Waals surface area contributed by atoms with E-state index in [1.807, 2.05) is 19.0 Å². The second kappa shape index (κ2) is 3.11. The molecule has 0 saturated heterocycles. The van der Waals surface area contributed by atoms with Crippen LogP contribution in [-0.4, -0.2) is 17.4 Å². The lowest BCUT2D eigenvalue weighted by Gasteiger charge is -2.15. The smallest absolute Gasteiger partial charge is 0.283 e. The van der Waals surface area contributed by atoms with E-state index in [0.29, 0.717) is 0 Å². The number of nitrogens with zero attached hydrogens (tertiary/aromatic N) is 1. The molecule has 0 radical (unpaired) electrons. The number of rotatable bonds is 0. The zero-order chi connectivity index (χ0) is 9.42. The van der Waals surface area contributed by atoms with Gasteiger partial charge in [0, 0.05) is 21.8 Å². The number of carbonyl (C=O) groups is 1. The van der Waals surface area contributed by atoms with E-state index < -0.39 is 0 Å². The van der Waals surface area contributed by atoms with Crippen molar-refractivity contribution in [1.82, 2.24) is 4.98 Å². The van der Waals surface area contributed by atoms with Crippen molar-refractivity contribution in [2.75, 3.05) is 0 Å². The van der Waals surface area contributed by atoms with E-state index in [1.54, 1.807) is 12.3 Å². The summed E-state index contributed by atoms with van der Waals surface area (Å²) in [6.07, 6.45) is 3.34. The second-order valence-electron chi connectivity index (χ2n) is 3.05. The van der Waals surface area contributed by atoms with Gasteiger partial charge >= 0.3 is 0 Å². The molecule has 0 saturated carbocycles. The van der Waals surface area contributed by atoms with Gasteiger partial charge in [-0.15, -0.1) is 0 Å². The summed E-state index contributed by atoms with van der Waals surface area (Å²) in [7, 11) is 0. The maximum absolute atomic E-state index is 11.4. The van der Waals surface area contributed by atoms with Gasteiger partial charge in [0.05, 0.1) is 0 Å². The number of fused-ring (bicyclic) bond motifs is 1. The Bertz CT molecular complexity index is 402. The van der Waals surface area contributed by atoms with Gasteiger partial charge < -0.3 is 4.79 Å². The van der Waals surface area contributed by atoms with Crippen LogP contribution in [-0.2, 0) is 4.79 Å². The zero-order valence-electron chi connectivity index (χ0n) is 7.12. The largest absolute Gasteiger partial charge is 0.306 e. The Hall–Kier alpha value is -0.895. The Kier molecular flexibility index (Phi) is 2.08. The van der Waals surface area contributed by atoms with Crippen molar-refractivity contribution in [3.63, 3.8) is 0 Å². The Labute approximate surface area is 85.3 Å². The first-order chi connectivity index (χ1) is 6.20. The number of halogens is 1. The lowest BCUT2D eigenvalue weighted by molar-refractivity contribution is -0.108. The molecule has 0 amide bonds. The molecule has 0 fully saturated rings. The summed E-state index contributed by atoms with van der Waals surface area (Å²) in [5.41, 5.74) is 1.99. The van der Waals surface area contributed by atoms with Gasteiger partial charge in [0.15, 0.2) is 0 Å². The highest BCUT2D eigenvalue weighted by Gasteiger charge is 2.27. The minimum absolute atomic E-state index is 0.109. The topological polar surface area (TPSA) is 30.0 Å². The molecule has 2 nitrogen and oxygen atoms in total. The highest BCUT2D eigenvalue weighted by Crippen LogP contribution is 2.22. The normalized spacial score (nSPS) is 15.4. The third-order valence-corrected chi connectivity index (χ3v) is 2.86. The van der Waals surface area contributed by atoms with Crippen LogP contribution in [0.3, 0.4) is 0 Å². The molecule has 0 bridgehead atoms. The van der Waals surface area contributed by atoms with Crippen molar-refractivity contribution in [2.45, 2.75) is 6.82 Å². The standard InChI is InChI=1S/C9H7BBrNO/c1-10-8(13)5-7(11)6-3-2-4-12-9(6)10/h2-5H,1H3. The highest BCUT2D eigenvalue weighted by atomic mass is 79.9. The average Bonchev–Trinajstić information content (AvgIpc) is 2.15. The fraction of sp³-hybridized carbons (Fsp3) is 0.111. The van der Waals surface area contributed by atoms with Crippen molar-refractivity contribution in [1.29, 1.82) is 0 Å². The van der Waals surface area contributed by atoms with Crippen LogP contribution >= 0.6 is 15.9 Å². The second-order valence-corrected chi connectivity index (χ2v) is 3.91. The van der Waals surface area contributed by atoms with Crippen LogP contribution in [0.25, 0.3) is 4.48 Å². The summed E-state index contributed by atoms with van der Waals surface area (Å²) >= 11 is 3.36. The molecule has 0 atom stereocenters. The summed E-state index contributed by atoms with van der Waals surface area (Å²) in [6, 6.07) is 3.84. The van der Waals surface area contributed by atoms with Crippen molar-refractivity contribution in [3.05, 3.63) is 30.0 Å². The SMILES string of the molecule is CB1C(=O)C=C(Br)c2cccnc21. The predicted octanol–water partition coefficient (Wildman–Crippen LogP) is 1.27. The fourth-order valence-corrected chi connectivity index (χ4v) is 1.99. The van der Waals surface area contributed by atoms with Crippen LogP contribution in [0, 0.1) is 0 Å². The Morgan fingerprint density at radius 1 is 1.54 bits per heavy atom. The maximum Gasteiger partial charge on any atom is 0.283 e. The number of allylic oxidation sites excluding steroid dienone is 1. The van der Waals surface area contributed by atoms with Crippen LogP contribution in [0.1, 0.15) is 5.56 Å². The first-order valence-electron chi connectivity index (χ1n) is 4.06. The first-order valence-corrected chi connectivity index (χ1v) is 4.86. The number of pyridine rings is 1. The van der Waals surface area contributed by atoms with E-state index in [-0.39, 0.29) is 12.4 Å². The van der Waals surface area contributed by atoms with Crippen molar-refractivity contribution in [3.8, 4) is 0 Å². The van der Waals surface area contributed by atoms with Gasteiger partial charge in [-0.3, -0.25) is 4.98 Å². The number of carbonyl (C=O) groups excluding carboxylic acids is 1. The monoisotopic (exact) mass is 235 g/mol. The third kappa shape index (κ3) is 1.35. The van der Waals surface area contributed by atoms with E-state index >= 15 is 0 Å². The van der Waals surface area contributed by atoms with Gasteiger partial charge in [-0.1, -0.05) is 28.8 Å². The van der Waals surface area contributed by atoms with Gasteiger partial charge in [0.2, 0.25) is 0 Å². The molecule has 1 aliphatic heterocycles. The first kappa shape index (κ1) is 8.69. The zero-order valence-corrected chi connectivity index (χ0v) is 8.71. The van der Waals surface area contributed by atoms with E-state index in [0.717, 1.165) is 15.6 Å². The molecule has 0 aliphatic carbocycles. The highest BCUT2D eigenvalue weighted by molar-refractivity contribution is 9.15. The Morgan fingerprint density at radius 3 is 3.08 bits per heavy atom. The molecule has 0 N–H and O–H groups in total. The molecule has 64 valence electrons. The maximum atomic E-state index is 11.4. The molecule has 1 aliphatic rings. The molecule has 0 spiro atoms. The number of aromatic nitrogens is 1. The molecule has 13 heavy (non-hydrogen) atoms. The van der Waals surface area contributed by atoms with Crippen molar-refractivity contribution in [2.24, 2.45) is 0 Å². The van der Waals surface area contributed by atoms with E-state index in [1.165, 1.54) is 0 Å². The summed E-state index contributed by atoms with van der Waals surface area (Å²) in [6.45, 7) is 1.77. The summed E-state index contributed by atoms with van der Waals surface area (Å²) in [5, 5.41) is 0. The minimum Gasteiger partial charge on any atom is -0.306 e. The van der Waals surface area contributed by atoms with Crippen LogP contribution in [0.5, 0.6) is 0 Å². The molecule has 2 heterocycles. The Balaban J connectivity index is 2.65. The van der Waals surface area contributed by atoms with Gasteiger partial charge in [0.25, 0.3) is 6.71 Å². The number of hydrogen-bond donors (Lipinski definition) is 0. The predicted molar refractivity (Wildman–Crippen MR) is 57.4 cm³/mol. The Morgan fingerprint density at radius 2 is 2.31 bits per heavy atom. The molecule has 4 heteroatoms. The minimum atomic E-state index is -0.113. The fourth-order valence-electron chi connectivity index (χ4n) is 1.43. The molecule has 0 unspecified atom stereocenters. The van der Waals surface area contributed by atoms with Crippen molar-refractivity contribution < 1.29 is 4.79 Å². The third-order valence-electron chi connectivity index (χ3n) is 2.20. The summed E-state index contributed by atoms with van der Waals surface area (Å²) in [5.74, 6) is 0. The van der Waals surface area contributed by atoms with Gasteiger partial charge in [-0.2, -0.15) is 0 Å². The lowest BCUT2D eigenvalue weighted by atomic mass is 9.43. The van der Waals surface area contributed by atoms with Crippen LogP contribution in [0.2, 0.25) is 6.82 Å².